The molecule has 0 amide bonds. The predicted molar refractivity (Wildman–Crippen MR) is 84.3 cm³/mol. The zero-order valence-corrected chi connectivity index (χ0v) is 13.6. The van der Waals surface area contributed by atoms with Crippen LogP contribution in [0.3, 0.4) is 0 Å². The molecule has 0 aliphatic rings. The number of hydrogen-bond donors (Lipinski definition) is 1. The molecule has 0 saturated heterocycles. The molecule has 0 aliphatic carbocycles. The standard InChI is InChI=1S/C15H24N4S/c1-5-17-13(8-14-9-16-10-20-14)6-7-15-11(2)18-19(4)12(15)3/h9-10,13,17H,5-8H2,1-4H3. The summed E-state index contributed by atoms with van der Waals surface area (Å²) in [5.74, 6) is 0. The number of likely N-dealkylation sites (N-methyl/N-ethyl adjacent to an activating group) is 1. The van der Waals surface area contributed by atoms with E-state index in [1.165, 1.54) is 16.1 Å². The van der Waals surface area contributed by atoms with Crippen molar-refractivity contribution in [2.75, 3.05) is 6.54 Å². The monoisotopic (exact) mass is 292 g/mol. The van der Waals surface area contributed by atoms with E-state index in [0.29, 0.717) is 6.04 Å². The fourth-order valence-electron chi connectivity index (χ4n) is 2.65. The van der Waals surface area contributed by atoms with Crippen molar-refractivity contribution in [3.63, 3.8) is 0 Å². The van der Waals surface area contributed by atoms with Gasteiger partial charge in [0.1, 0.15) is 0 Å². The number of rotatable bonds is 7. The molecule has 4 nitrogen and oxygen atoms in total. The van der Waals surface area contributed by atoms with Crippen LogP contribution in [0.1, 0.15) is 35.2 Å². The molecule has 20 heavy (non-hydrogen) atoms. The highest BCUT2D eigenvalue weighted by Crippen LogP contribution is 2.17. The Morgan fingerprint density at radius 1 is 1.40 bits per heavy atom. The van der Waals surface area contributed by atoms with Gasteiger partial charge in [-0.2, -0.15) is 5.10 Å². The molecule has 2 aromatic heterocycles. The number of nitrogens with one attached hydrogen (secondary N) is 1. The second-order valence-electron chi connectivity index (χ2n) is 5.24. The SMILES string of the molecule is CCNC(CCc1c(C)nn(C)c1C)Cc1cncs1. The first-order chi connectivity index (χ1) is 9.61. The van der Waals surface area contributed by atoms with E-state index < -0.39 is 0 Å². The number of aromatic nitrogens is 3. The van der Waals surface area contributed by atoms with Crippen molar-refractivity contribution in [2.24, 2.45) is 7.05 Å². The number of hydrogen-bond acceptors (Lipinski definition) is 4. The minimum Gasteiger partial charge on any atom is -0.314 e. The minimum absolute atomic E-state index is 0.513. The Labute approximate surface area is 125 Å². The van der Waals surface area contributed by atoms with Crippen molar-refractivity contribution in [3.05, 3.63) is 33.5 Å². The third-order valence-electron chi connectivity index (χ3n) is 3.83. The summed E-state index contributed by atoms with van der Waals surface area (Å²) in [6.45, 7) is 7.43. The molecule has 2 rings (SSSR count). The van der Waals surface area contributed by atoms with Gasteiger partial charge >= 0.3 is 0 Å². The maximum absolute atomic E-state index is 4.50. The van der Waals surface area contributed by atoms with Crippen molar-refractivity contribution in [1.82, 2.24) is 20.1 Å². The summed E-state index contributed by atoms with van der Waals surface area (Å²) in [6.07, 6.45) is 5.27. The van der Waals surface area contributed by atoms with Crippen molar-refractivity contribution >= 4 is 11.3 Å². The van der Waals surface area contributed by atoms with Crippen LogP contribution < -0.4 is 5.32 Å². The van der Waals surface area contributed by atoms with E-state index >= 15 is 0 Å². The van der Waals surface area contributed by atoms with E-state index in [2.05, 4.69) is 36.2 Å². The third-order valence-corrected chi connectivity index (χ3v) is 4.63. The second-order valence-corrected chi connectivity index (χ2v) is 6.21. The highest BCUT2D eigenvalue weighted by atomic mass is 32.1. The normalized spacial score (nSPS) is 12.8. The molecule has 1 N–H and O–H groups in total. The van der Waals surface area contributed by atoms with Crippen LogP contribution in [0.15, 0.2) is 11.7 Å². The Hall–Kier alpha value is -1.20. The van der Waals surface area contributed by atoms with Crippen LogP contribution in [0.5, 0.6) is 0 Å². The summed E-state index contributed by atoms with van der Waals surface area (Å²) < 4.78 is 1.98. The van der Waals surface area contributed by atoms with Crippen LogP contribution in [0.2, 0.25) is 0 Å². The van der Waals surface area contributed by atoms with Gasteiger partial charge in [-0.05, 0) is 45.2 Å². The van der Waals surface area contributed by atoms with Crippen molar-refractivity contribution in [3.8, 4) is 0 Å². The first-order valence-electron chi connectivity index (χ1n) is 7.21. The van der Waals surface area contributed by atoms with Crippen molar-refractivity contribution in [1.29, 1.82) is 0 Å². The molecule has 1 unspecified atom stereocenters. The highest BCUT2D eigenvalue weighted by Gasteiger charge is 2.14. The van der Waals surface area contributed by atoms with Crippen LogP contribution in [0, 0.1) is 13.8 Å². The molecule has 0 radical (unpaired) electrons. The summed E-state index contributed by atoms with van der Waals surface area (Å²) in [6, 6.07) is 0.513. The Balaban J connectivity index is 1.98. The van der Waals surface area contributed by atoms with E-state index in [-0.39, 0.29) is 0 Å². The Kier molecular flexibility index (Phi) is 5.31. The van der Waals surface area contributed by atoms with Gasteiger partial charge in [-0.25, -0.2) is 0 Å². The first kappa shape index (κ1) is 15.2. The van der Waals surface area contributed by atoms with E-state index in [0.717, 1.165) is 31.5 Å². The molecule has 2 heterocycles. The summed E-state index contributed by atoms with van der Waals surface area (Å²) in [7, 11) is 2.02. The molecular weight excluding hydrogens is 268 g/mol. The van der Waals surface area contributed by atoms with Crippen LogP contribution in [-0.4, -0.2) is 27.4 Å². The van der Waals surface area contributed by atoms with Gasteiger partial charge in [0.15, 0.2) is 0 Å². The summed E-state index contributed by atoms with van der Waals surface area (Å²) in [4.78, 5) is 5.52. The summed E-state index contributed by atoms with van der Waals surface area (Å²) in [5.41, 5.74) is 5.77. The lowest BCUT2D eigenvalue weighted by Crippen LogP contribution is -2.31. The minimum atomic E-state index is 0.513. The summed E-state index contributed by atoms with van der Waals surface area (Å²) >= 11 is 1.74. The van der Waals surface area contributed by atoms with Gasteiger partial charge in [-0.1, -0.05) is 6.92 Å². The van der Waals surface area contributed by atoms with E-state index in [9.17, 15) is 0 Å². The molecule has 0 aliphatic heterocycles. The first-order valence-corrected chi connectivity index (χ1v) is 8.09. The summed E-state index contributed by atoms with van der Waals surface area (Å²) in [5, 5.41) is 8.09. The Morgan fingerprint density at radius 3 is 2.75 bits per heavy atom. The van der Waals surface area contributed by atoms with Gasteiger partial charge in [0.25, 0.3) is 0 Å². The lowest BCUT2D eigenvalue weighted by Gasteiger charge is -2.17. The van der Waals surface area contributed by atoms with Crippen LogP contribution >= 0.6 is 11.3 Å². The maximum Gasteiger partial charge on any atom is 0.0794 e. The van der Waals surface area contributed by atoms with Gasteiger partial charge < -0.3 is 5.32 Å². The molecular formula is C15H24N4S. The van der Waals surface area contributed by atoms with Crippen LogP contribution in [0.25, 0.3) is 0 Å². The fraction of sp³-hybridized carbons (Fsp3) is 0.600. The van der Waals surface area contributed by atoms with Gasteiger partial charge in [0.05, 0.1) is 11.2 Å². The van der Waals surface area contributed by atoms with Gasteiger partial charge in [0, 0.05) is 29.9 Å². The average Bonchev–Trinajstić information content (AvgIpc) is 2.98. The smallest absolute Gasteiger partial charge is 0.0794 e. The predicted octanol–water partition coefficient (Wildman–Crippen LogP) is 2.65. The van der Waals surface area contributed by atoms with Crippen LogP contribution in [-0.2, 0) is 19.9 Å². The molecule has 0 fully saturated rings. The average molecular weight is 292 g/mol. The third kappa shape index (κ3) is 3.67. The van der Waals surface area contributed by atoms with Crippen molar-refractivity contribution < 1.29 is 0 Å². The van der Waals surface area contributed by atoms with Crippen LogP contribution in [0.4, 0.5) is 0 Å². The lowest BCUT2D eigenvalue weighted by atomic mass is 10.0. The molecule has 0 bridgehead atoms. The Morgan fingerprint density at radius 2 is 2.20 bits per heavy atom. The number of thiazole rings is 1. The number of aryl methyl sites for hydroxylation is 2. The Bertz CT molecular complexity index is 530. The van der Waals surface area contributed by atoms with E-state index in [4.69, 9.17) is 0 Å². The lowest BCUT2D eigenvalue weighted by molar-refractivity contribution is 0.492. The molecule has 0 saturated carbocycles. The zero-order chi connectivity index (χ0) is 14.5. The molecule has 0 spiro atoms. The molecule has 2 aromatic rings. The maximum atomic E-state index is 4.50. The topological polar surface area (TPSA) is 42.7 Å². The molecule has 5 heteroatoms. The second kappa shape index (κ2) is 6.99. The van der Waals surface area contributed by atoms with E-state index in [1.807, 2.05) is 23.4 Å². The van der Waals surface area contributed by atoms with Gasteiger partial charge in [-0.3, -0.25) is 9.67 Å². The van der Waals surface area contributed by atoms with E-state index in [1.54, 1.807) is 11.3 Å². The zero-order valence-electron chi connectivity index (χ0n) is 12.8. The number of nitrogens with zero attached hydrogens (tertiary/aromatic N) is 3. The van der Waals surface area contributed by atoms with Gasteiger partial charge in [-0.15, -0.1) is 11.3 Å². The highest BCUT2D eigenvalue weighted by molar-refractivity contribution is 7.09. The molecule has 0 aromatic carbocycles. The molecule has 1 atom stereocenters. The quantitative estimate of drug-likeness (QED) is 0.853. The van der Waals surface area contributed by atoms with Gasteiger partial charge in [0.2, 0.25) is 0 Å². The fourth-order valence-corrected chi connectivity index (χ4v) is 3.32. The largest absolute Gasteiger partial charge is 0.314 e. The van der Waals surface area contributed by atoms with Crippen molar-refractivity contribution in [2.45, 2.75) is 46.1 Å². The molecule has 110 valence electrons.